The van der Waals surface area contributed by atoms with Crippen LogP contribution in [0.15, 0.2) is 16.8 Å². The number of nitrogens with zero attached hydrogens (tertiary/aromatic N) is 4. The summed E-state index contributed by atoms with van der Waals surface area (Å²) in [6, 6.07) is 1.73. The van der Waals surface area contributed by atoms with Gasteiger partial charge in [-0.2, -0.15) is 0 Å². The van der Waals surface area contributed by atoms with Crippen molar-refractivity contribution in [3.05, 3.63) is 18.0 Å². The Morgan fingerprint density at radius 1 is 1.36 bits per heavy atom. The predicted molar refractivity (Wildman–Crippen MR) is 84.9 cm³/mol. The van der Waals surface area contributed by atoms with E-state index in [9.17, 15) is 9.59 Å². The van der Waals surface area contributed by atoms with Crippen molar-refractivity contribution in [1.29, 1.82) is 0 Å². The van der Waals surface area contributed by atoms with Gasteiger partial charge in [-0.3, -0.25) is 14.5 Å². The zero-order valence-corrected chi connectivity index (χ0v) is 14.2. The van der Waals surface area contributed by atoms with Crippen molar-refractivity contribution in [3.63, 3.8) is 0 Å². The van der Waals surface area contributed by atoms with Crippen molar-refractivity contribution in [2.75, 3.05) is 59.7 Å². The Balaban J connectivity index is 1.50. The fourth-order valence-electron chi connectivity index (χ4n) is 4.17. The number of carbonyl (C=O) groups excluding carboxylic acids is 2. The molecule has 4 rings (SSSR count). The van der Waals surface area contributed by atoms with Crippen LogP contribution in [0.3, 0.4) is 0 Å². The SMILES string of the molecule is COCC(=O)N1C[C@@H]2COCCN2C2(C1)CN(C(=O)c1ccno1)C2. The van der Waals surface area contributed by atoms with Gasteiger partial charge < -0.3 is 23.8 Å². The topological polar surface area (TPSA) is 88.4 Å². The number of rotatable bonds is 3. The highest BCUT2D eigenvalue weighted by Crippen LogP contribution is 2.36. The molecular weight excluding hydrogens is 328 g/mol. The van der Waals surface area contributed by atoms with Gasteiger partial charge in [-0.1, -0.05) is 5.16 Å². The lowest BCUT2D eigenvalue weighted by atomic mass is 9.82. The third kappa shape index (κ3) is 2.82. The Morgan fingerprint density at radius 2 is 2.16 bits per heavy atom. The third-order valence-electron chi connectivity index (χ3n) is 5.28. The molecular formula is C16H22N4O5. The van der Waals surface area contributed by atoms with E-state index in [4.69, 9.17) is 14.0 Å². The average Bonchev–Trinajstić information content (AvgIpc) is 3.13. The summed E-state index contributed by atoms with van der Waals surface area (Å²) in [5.74, 6) is 0.0666. The third-order valence-corrected chi connectivity index (χ3v) is 5.28. The highest BCUT2D eigenvalue weighted by Gasteiger charge is 2.56. The molecule has 136 valence electrons. The second-order valence-electron chi connectivity index (χ2n) is 6.89. The quantitative estimate of drug-likeness (QED) is 0.695. The van der Waals surface area contributed by atoms with Gasteiger partial charge in [-0.25, -0.2) is 0 Å². The normalized spacial score (nSPS) is 25.6. The van der Waals surface area contributed by atoms with Crippen molar-refractivity contribution in [2.24, 2.45) is 0 Å². The number of methoxy groups -OCH3 is 1. The standard InChI is InChI=1S/C16H22N4O5/c1-23-8-14(21)18-6-12-7-24-5-4-20(12)16(9-18)10-19(11-16)15(22)13-2-3-17-25-13/h2-3,12H,4-11H2,1H3/t12-/m1/s1. The molecule has 25 heavy (non-hydrogen) atoms. The summed E-state index contributed by atoms with van der Waals surface area (Å²) in [5.41, 5.74) is -0.216. The van der Waals surface area contributed by atoms with Crippen LogP contribution in [0, 0.1) is 0 Å². The maximum absolute atomic E-state index is 12.4. The molecule has 3 aliphatic rings. The molecule has 2 amide bonds. The monoisotopic (exact) mass is 350 g/mol. The van der Waals surface area contributed by atoms with Crippen molar-refractivity contribution >= 4 is 11.8 Å². The van der Waals surface area contributed by atoms with Crippen LogP contribution in [0.25, 0.3) is 0 Å². The number of morpholine rings is 1. The highest BCUT2D eigenvalue weighted by atomic mass is 16.5. The molecule has 0 aliphatic carbocycles. The molecule has 0 radical (unpaired) electrons. The first-order chi connectivity index (χ1) is 12.1. The number of amides is 2. The van der Waals surface area contributed by atoms with Gasteiger partial charge in [-0.15, -0.1) is 0 Å². The number of carbonyl (C=O) groups is 2. The summed E-state index contributed by atoms with van der Waals surface area (Å²) >= 11 is 0. The molecule has 1 atom stereocenters. The Hall–Kier alpha value is -1.97. The van der Waals surface area contributed by atoms with Crippen LogP contribution in [0.5, 0.6) is 0 Å². The van der Waals surface area contributed by atoms with Gasteiger partial charge in [0.2, 0.25) is 11.7 Å². The Labute approximate surface area is 145 Å². The van der Waals surface area contributed by atoms with Crippen molar-refractivity contribution in [2.45, 2.75) is 11.6 Å². The zero-order valence-electron chi connectivity index (χ0n) is 14.2. The van der Waals surface area contributed by atoms with Gasteiger partial charge >= 0.3 is 0 Å². The van der Waals surface area contributed by atoms with Crippen LogP contribution >= 0.6 is 0 Å². The van der Waals surface area contributed by atoms with Gasteiger partial charge in [0.05, 0.1) is 31.0 Å². The predicted octanol–water partition coefficient (Wildman–Crippen LogP) is -0.941. The minimum absolute atomic E-state index is 0.0212. The van der Waals surface area contributed by atoms with Gasteiger partial charge in [-0.05, 0) is 0 Å². The molecule has 0 saturated carbocycles. The van der Waals surface area contributed by atoms with Gasteiger partial charge in [0, 0.05) is 45.9 Å². The minimum Gasteiger partial charge on any atom is -0.378 e. The first kappa shape index (κ1) is 16.5. The number of fused-ring (bicyclic) bond motifs is 2. The number of hydrogen-bond donors (Lipinski definition) is 0. The van der Waals surface area contributed by atoms with E-state index >= 15 is 0 Å². The molecule has 0 unspecified atom stereocenters. The second-order valence-corrected chi connectivity index (χ2v) is 6.89. The van der Waals surface area contributed by atoms with E-state index in [1.165, 1.54) is 13.3 Å². The fraction of sp³-hybridized carbons (Fsp3) is 0.688. The Morgan fingerprint density at radius 3 is 2.88 bits per heavy atom. The maximum atomic E-state index is 12.4. The van der Waals surface area contributed by atoms with Crippen molar-refractivity contribution < 1.29 is 23.6 Å². The number of hydrogen-bond acceptors (Lipinski definition) is 7. The lowest BCUT2D eigenvalue weighted by Crippen LogP contribution is -2.81. The highest BCUT2D eigenvalue weighted by molar-refractivity contribution is 5.92. The van der Waals surface area contributed by atoms with E-state index in [2.05, 4.69) is 10.1 Å². The van der Waals surface area contributed by atoms with Gasteiger partial charge in [0.25, 0.3) is 5.91 Å². The van der Waals surface area contributed by atoms with Gasteiger partial charge in [0.1, 0.15) is 6.61 Å². The van der Waals surface area contributed by atoms with Crippen LogP contribution in [0.2, 0.25) is 0 Å². The number of aromatic nitrogens is 1. The first-order valence-corrected chi connectivity index (χ1v) is 8.44. The molecule has 9 nitrogen and oxygen atoms in total. The lowest BCUT2D eigenvalue weighted by Gasteiger charge is -2.63. The number of piperazine rings is 1. The van der Waals surface area contributed by atoms with E-state index in [0.717, 1.165) is 6.54 Å². The summed E-state index contributed by atoms with van der Waals surface area (Å²) in [5, 5.41) is 3.59. The Bertz CT molecular complexity index is 643. The van der Waals surface area contributed by atoms with E-state index in [1.807, 2.05) is 4.90 Å². The van der Waals surface area contributed by atoms with Crippen LogP contribution in [-0.2, 0) is 14.3 Å². The fourth-order valence-corrected chi connectivity index (χ4v) is 4.17. The van der Waals surface area contributed by atoms with E-state index < -0.39 is 0 Å². The molecule has 4 heterocycles. The Kier molecular flexibility index (Phi) is 4.22. The summed E-state index contributed by atoms with van der Waals surface area (Å²) in [4.78, 5) is 30.8. The number of ether oxygens (including phenoxy) is 2. The van der Waals surface area contributed by atoms with E-state index in [0.29, 0.717) is 39.4 Å². The summed E-state index contributed by atoms with van der Waals surface area (Å²) < 4.78 is 15.6. The summed E-state index contributed by atoms with van der Waals surface area (Å²) in [7, 11) is 1.52. The second kappa shape index (κ2) is 6.40. The van der Waals surface area contributed by atoms with Gasteiger partial charge in [0.15, 0.2) is 0 Å². The molecule has 1 aromatic rings. The molecule has 0 bridgehead atoms. The molecule has 0 aromatic carbocycles. The maximum Gasteiger partial charge on any atom is 0.292 e. The van der Waals surface area contributed by atoms with Crippen molar-refractivity contribution in [1.82, 2.24) is 19.9 Å². The molecule has 0 N–H and O–H groups in total. The zero-order chi connectivity index (χ0) is 17.4. The molecule has 1 aromatic heterocycles. The molecule has 3 saturated heterocycles. The van der Waals surface area contributed by atoms with Crippen LogP contribution in [0.4, 0.5) is 0 Å². The van der Waals surface area contributed by atoms with Crippen LogP contribution in [-0.4, -0.2) is 103 Å². The van der Waals surface area contributed by atoms with E-state index in [-0.39, 0.29) is 35.8 Å². The largest absolute Gasteiger partial charge is 0.378 e. The summed E-state index contributed by atoms with van der Waals surface area (Å²) in [6.45, 7) is 4.56. The molecule has 1 spiro atoms. The molecule has 3 aliphatic heterocycles. The minimum atomic E-state index is -0.216. The summed E-state index contributed by atoms with van der Waals surface area (Å²) in [6.07, 6.45) is 1.46. The van der Waals surface area contributed by atoms with E-state index in [1.54, 1.807) is 11.0 Å². The smallest absolute Gasteiger partial charge is 0.292 e. The van der Waals surface area contributed by atoms with Crippen molar-refractivity contribution in [3.8, 4) is 0 Å². The lowest BCUT2D eigenvalue weighted by molar-refractivity contribution is -0.170. The molecule has 9 heteroatoms. The average molecular weight is 350 g/mol. The van der Waals surface area contributed by atoms with Crippen LogP contribution < -0.4 is 0 Å². The molecule has 3 fully saturated rings. The first-order valence-electron chi connectivity index (χ1n) is 8.44. The van der Waals surface area contributed by atoms with Crippen LogP contribution in [0.1, 0.15) is 10.6 Å². The number of likely N-dealkylation sites (tertiary alicyclic amines) is 1.